The van der Waals surface area contributed by atoms with Gasteiger partial charge in [-0.05, 0) is 18.2 Å². The molecule has 5 heteroatoms. The van der Waals surface area contributed by atoms with E-state index >= 15 is 0 Å². The van der Waals surface area contributed by atoms with Crippen molar-refractivity contribution in [2.75, 3.05) is 6.61 Å². The minimum absolute atomic E-state index is 0.0680. The van der Waals surface area contributed by atoms with Gasteiger partial charge in [0.05, 0.1) is 0 Å². The lowest BCUT2D eigenvalue weighted by Crippen LogP contribution is -2.00. The molecule has 0 radical (unpaired) electrons. The van der Waals surface area contributed by atoms with Gasteiger partial charge in [0.15, 0.2) is 5.69 Å². The maximum atomic E-state index is 10.8. The molecule has 102 valence electrons. The van der Waals surface area contributed by atoms with Crippen LogP contribution in [0.25, 0.3) is 0 Å². The van der Waals surface area contributed by atoms with Crippen molar-refractivity contribution >= 4 is 5.97 Å². The van der Waals surface area contributed by atoms with Crippen molar-refractivity contribution in [2.24, 2.45) is 0 Å². The number of aromatic carboxylic acids is 1. The van der Waals surface area contributed by atoms with Crippen LogP contribution in [0.5, 0.6) is 17.4 Å². The van der Waals surface area contributed by atoms with Crippen LogP contribution in [0.3, 0.4) is 0 Å². The monoisotopic (exact) mass is 271 g/mol. The number of hydrogen-bond donors (Lipinski definition) is 1. The van der Waals surface area contributed by atoms with Crippen LogP contribution < -0.4 is 9.47 Å². The average molecular weight is 271 g/mol. The second-order valence-electron chi connectivity index (χ2n) is 3.84. The Labute approximate surface area is 116 Å². The lowest BCUT2D eigenvalue weighted by Gasteiger charge is -2.07. The topological polar surface area (TPSA) is 68.7 Å². The van der Waals surface area contributed by atoms with Gasteiger partial charge in [0.25, 0.3) is 0 Å². The van der Waals surface area contributed by atoms with Crippen LogP contribution in [0, 0.1) is 0 Å². The lowest BCUT2D eigenvalue weighted by molar-refractivity contribution is 0.0689. The van der Waals surface area contributed by atoms with Gasteiger partial charge in [0.2, 0.25) is 5.88 Å². The molecule has 2 aromatic rings. The Kier molecular flexibility index (Phi) is 4.34. The maximum absolute atomic E-state index is 10.8. The number of carbonyl (C=O) groups is 1. The highest BCUT2D eigenvalue weighted by atomic mass is 16.5. The summed E-state index contributed by atoms with van der Waals surface area (Å²) < 4.78 is 10.9. The van der Waals surface area contributed by atoms with Crippen molar-refractivity contribution in [3.05, 3.63) is 60.8 Å². The normalized spacial score (nSPS) is 9.80. The fourth-order valence-electron chi connectivity index (χ4n) is 1.49. The molecule has 1 heterocycles. The van der Waals surface area contributed by atoms with E-state index in [1.165, 1.54) is 6.07 Å². The summed E-state index contributed by atoms with van der Waals surface area (Å²) in [6.07, 6.45) is 1.64. The van der Waals surface area contributed by atoms with E-state index in [-0.39, 0.29) is 11.6 Å². The molecule has 0 amide bonds. The Morgan fingerprint density at radius 2 is 2.00 bits per heavy atom. The smallest absolute Gasteiger partial charge is 0.354 e. The van der Waals surface area contributed by atoms with Gasteiger partial charge in [-0.15, -0.1) is 0 Å². The maximum Gasteiger partial charge on any atom is 0.354 e. The SMILES string of the molecule is C=CCOc1cccc(Oc2cccc(C(=O)O)n2)c1. The quantitative estimate of drug-likeness (QED) is 0.817. The summed E-state index contributed by atoms with van der Waals surface area (Å²) in [5.41, 5.74) is -0.0680. The molecule has 0 aliphatic heterocycles. The Balaban J connectivity index is 2.15. The third kappa shape index (κ3) is 3.58. The van der Waals surface area contributed by atoms with Gasteiger partial charge in [-0.25, -0.2) is 9.78 Å². The van der Waals surface area contributed by atoms with E-state index < -0.39 is 5.97 Å². The molecule has 0 fully saturated rings. The fraction of sp³-hybridized carbons (Fsp3) is 0.0667. The summed E-state index contributed by atoms with van der Waals surface area (Å²) in [6, 6.07) is 11.5. The number of benzene rings is 1. The van der Waals surface area contributed by atoms with Gasteiger partial charge in [-0.3, -0.25) is 0 Å². The number of hydrogen-bond acceptors (Lipinski definition) is 4. The molecule has 0 aliphatic carbocycles. The second kappa shape index (κ2) is 6.38. The molecule has 0 bridgehead atoms. The van der Waals surface area contributed by atoms with E-state index in [9.17, 15) is 4.79 Å². The van der Waals surface area contributed by atoms with E-state index in [0.29, 0.717) is 18.1 Å². The van der Waals surface area contributed by atoms with E-state index in [2.05, 4.69) is 11.6 Å². The largest absolute Gasteiger partial charge is 0.489 e. The van der Waals surface area contributed by atoms with Gasteiger partial charge in [-0.2, -0.15) is 0 Å². The molecule has 0 aliphatic rings. The average Bonchev–Trinajstić information content (AvgIpc) is 2.46. The van der Waals surface area contributed by atoms with Crippen LogP contribution in [0.4, 0.5) is 0 Å². The van der Waals surface area contributed by atoms with E-state index in [1.807, 2.05) is 0 Å². The van der Waals surface area contributed by atoms with Crippen LogP contribution in [0.2, 0.25) is 0 Å². The van der Waals surface area contributed by atoms with Crippen LogP contribution in [-0.4, -0.2) is 22.7 Å². The van der Waals surface area contributed by atoms with Crippen molar-refractivity contribution in [3.63, 3.8) is 0 Å². The molecule has 1 N–H and O–H groups in total. The Hall–Kier alpha value is -2.82. The standard InChI is InChI=1S/C15H13NO4/c1-2-9-19-11-5-3-6-12(10-11)20-14-8-4-7-13(16-14)15(17)18/h2-8,10H,1,9H2,(H,17,18). The van der Waals surface area contributed by atoms with Crippen molar-refractivity contribution < 1.29 is 19.4 Å². The van der Waals surface area contributed by atoms with E-state index in [0.717, 1.165) is 0 Å². The van der Waals surface area contributed by atoms with Crippen molar-refractivity contribution in [1.82, 2.24) is 4.98 Å². The second-order valence-corrected chi connectivity index (χ2v) is 3.84. The van der Waals surface area contributed by atoms with E-state index in [1.54, 1.807) is 42.5 Å². The van der Waals surface area contributed by atoms with Gasteiger partial charge in [0, 0.05) is 12.1 Å². The molecular weight excluding hydrogens is 258 g/mol. The predicted octanol–water partition coefficient (Wildman–Crippen LogP) is 3.14. The third-order valence-electron chi connectivity index (χ3n) is 2.34. The number of carboxylic acid groups (broad SMARTS) is 1. The van der Waals surface area contributed by atoms with Crippen LogP contribution in [0.1, 0.15) is 10.5 Å². The number of ether oxygens (including phenoxy) is 2. The Morgan fingerprint density at radius 3 is 2.75 bits per heavy atom. The highest BCUT2D eigenvalue weighted by molar-refractivity contribution is 5.85. The molecule has 2 rings (SSSR count). The Bertz CT molecular complexity index is 625. The molecule has 5 nitrogen and oxygen atoms in total. The minimum atomic E-state index is -1.10. The first-order valence-electron chi connectivity index (χ1n) is 5.91. The van der Waals surface area contributed by atoms with E-state index in [4.69, 9.17) is 14.6 Å². The zero-order valence-electron chi connectivity index (χ0n) is 10.7. The summed E-state index contributed by atoms with van der Waals surface area (Å²) in [5, 5.41) is 8.87. The molecule has 0 unspecified atom stereocenters. The molecular formula is C15H13NO4. The molecule has 1 aromatic carbocycles. The number of pyridine rings is 1. The highest BCUT2D eigenvalue weighted by Gasteiger charge is 2.06. The van der Waals surface area contributed by atoms with Crippen LogP contribution >= 0.6 is 0 Å². The number of carboxylic acids is 1. The fourth-order valence-corrected chi connectivity index (χ4v) is 1.49. The first-order valence-corrected chi connectivity index (χ1v) is 5.91. The molecule has 20 heavy (non-hydrogen) atoms. The predicted molar refractivity (Wildman–Crippen MR) is 73.4 cm³/mol. The first-order chi connectivity index (χ1) is 9.69. The molecule has 0 saturated heterocycles. The lowest BCUT2D eigenvalue weighted by atomic mass is 10.3. The van der Waals surface area contributed by atoms with Crippen LogP contribution in [0.15, 0.2) is 55.1 Å². The third-order valence-corrected chi connectivity index (χ3v) is 2.34. The number of aromatic nitrogens is 1. The zero-order chi connectivity index (χ0) is 14.4. The summed E-state index contributed by atoms with van der Waals surface area (Å²) in [5.74, 6) is 0.266. The van der Waals surface area contributed by atoms with Gasteiger partial charge < -0.3 is 14.6 Å². The summed E-state index contributed by atoms with van der Waals surface area (Å²) >= 11 is 0. The van der Waals surface area contributed by atoms with Gasteiger partial charge >= 0.3 is 5.97 Å². The van der Waals surface area contributed by atoms with Gasteiger partial charge in [0.1, 0.15) is 18.1 Å². The molecule has 1 aromatic heterocycles. The molecule has 0 atom stereocenters. The highest BCUT2D eigenvalue weighted by Crippen LogP contribution is 2.24. The summed E-state index contributed by atoms with van der Waals surface area (Å²) in [7, 11) is 0. The van der Waals surface area contributed by atoms with Crippen molar-refractivity contribution in [2.45, 2.75) is 0 Å². The van der Waals surface area contributed by atoms with Crippen molar-refractivity contribution in [1.29, 1.82) is 0 Å². The molecule has 0 spiro atoms. The molecule has 0 saturated carbocycles. The van der Waals surface area contributed by atoms with Crippen LogP contribution in [-0.2, 0) is 0 Å². The zero-order valence-corrected chi connectivity index (χ0v) is 10.7. The summed E-state index contributed by atoms with van der Waals surface area (Å²) in [6.45, 7) is 3.97. The number of rotatable bonds is 6. The Morgan fingerprint density at radius 1 is 1.25 bits per heavy atom. The van der Waals surface area contributed by atoms with Crippen molar-refractivity contribution in [3.8, 4) is 17.4 Å². The van der Waals surface area contributed by atoms with Gasteiger partial charge in [-0.1, -0.05) is 24.8 Å². The summed E-state index contributed by atoms with van der Waals surface area (Å²) in [4.78, 5) is 14.7. The number of nitrogens with zero attached hydrogens (tertiary/aromatic N) is 1. The minimum Gasteiger partial charge on any atom is -0.489 e. The first kappa shape index (κ1) is 13.6.